The summed E-state index contributed by atoms with van der Waals surface area (Å²) < 4.78 is 5.86. The van der Waals surface area contributed by atoms with E-state index < -0.39 is 0 Å². The third kappa shape index (κ3) is 3.14. The van der Waals surface area contributed by atoms with Gasteiger partial charge in [0.05, 0.1) is 13.6 Å². The monoisotopic (exact) mass is 352 g/mol. The lowest BCUT2D eigenvalue weighted by molar-refractivity contribution is -0.896. The molecule has 3 heteroatoms. The second kappa shape index (κ2) is 6.70. The molecule has 26 heavy (non-hydrogen) atoms. The average Bonchev–Trinajstić information content (AvgIpc) is 2.88. The average molecular weight is 352 g/mol. The molecule has 1 aromatic carbocycles. The minimum absolute atomic E-state index is 0.00754. The van der Waals surface area contributed by atoms with Crippen molar-refractivity contribution in [3.63, 3.8) is 0 Å². The number of quaternary nitrogens is 1. The molecule has 3 nitrogen and oxygen atoms in total. The van der Waals surface area contributed by atoms with Crippen molar-refractivity contribution >= 4 is 5.97 Å². The molecule has 1 saturated heterocycles. The third-order valence-electron chi connectivity index (χ3n) is 6.61. The van der Waals surface area contributed by atoms with E-state index in [2.05, 4.69) is 57.3 Å². The predicted octanol–water partition coefficient (Wildman–Crippen LogP) is 2.94. The first kappa shape index (κ1) is 17.5. The summed E-state index contributed by atoms with van der Waals surface area (Å²) in [4.78, 5) is 14.0. The molecule has 0 spiro atoms. The molecule has 0 aromatic heterocycles. The summed E-state index contributed by atoms with van der Waals surface area (Å²) in [7, 11) is 2.18. The van der Waals surface area contributed by atoms with E-state index in [0.29, 0.717) is 0 Å². The van der Waals surface area contributed by atoms with Crippen LogP contribution in [0.4, 0.5) is 0 Å². The van der Waals surface area contributed by atoms with Gasteiger partial charge < -0.3 is 9.64 Å². The Morgan fingerprint density at radius 3 is 2.81 bits per heavy atom. The Balaban J connectivity index is 1.53. The largest absolute Gasteiger partial charge is 0.461 e. The van der Waals surface area contributed by atoms with Crippen LogP contribution in [0.5, 0.6) is 0 Å². The second-order valence-corrected chi connectivity index (χ2v) is 8.75. The number of esters is 1. The molecule has 1 aromatic rings. The maximum absolute atomic E-state index is 12.6. The summed E-state index contributed by atoms with van der Waals surface area (Å²) in [6, 6.07) is 10.5. The number of benzene rings is 1. The predicted molar refractivity (Wildman–Crippen MR) is 103 cm³/mol. The van der Waals surface area contributed by atoms with Crippen LogP contribution in [0.1, 0.15) is 38.7 Å². The standard InChI is InChI=1S/C23H29NO2/c1-16-8-7-11-23(2)13-21-18(12-20(16)23)19(22(25)26-21)15-24(3)14-17-9-5-4-6-10-17/h4-6,8-10,12,18-19,21H,7,11,13-15H2,1-3H3/p+1/t18-,19+,21-,23-/m1/s1. The van der Waals surface area contributed by atoms with E-state index in [1.165, 1.54) is 28.0 Å². The van der Waals surface area contributed by atoms with Crippen LogP contribution in [-0.2, 0) is 16.1 Å². The molecule has 0 radical (unpaired) electrons. The highest BCUT2D eigenvalue weighted by molar-refractivity contribution is 5.76. The topological polar surface area (TPSA) is 30.7 Å². The number of nitrogens with one attached hydrogen (secondary N) is 1. The number of rotatable bonds is 4. The van der Waals surface area contributed by atoms with Gasteiger partial charge in [0.2, 0.25) is 0 Å². The number of hydrogen-bond donors (Lipinski definition) is 1. The van der Waals surface area contributed by atoms with Gasteiger partial charge in [0, 0.05) is 11.5 Å². The van der Waals surface area contributed by atoms with E-state index in [1.54, 1.807) is 0 Å². The molecule has 1 unspecified atom stereocenters. The molecule has 2 aliphatic carbocycles. The van der Waals surface area contributed by atoms with Gasteiger partial charge in [-0.3, -0.25) is 4.79 Å². The Kier molecular flexibility index (Phi) is 4.52. The second-order valence-electron chi connectivity index (χ2n) is 8.75. The van der Waals surface area contributed by atoms with Crippen molar-refractivity contribution < 1.29 is 14.4 Å². The quantitative estimate of drug-likeness (QED) is 0.845. The fourth-order valence-electron chi connectivity index (χ4n) is 5.25. The Morgan fingerprint density at radius 1 is 1.27 bits per heavy atom. The van der Waals surface area contributed by atoms with E-state index >= 15 is 0 Å². The van der Waals surface area contributed by atoms with Gasteiger partial charge >= 0.3 is 5.97 Å². The molecule has 0 bridgehead atoms. The lowest BCUT2D eigenvalue weighted by Crippen LogP contribution is -3.08. The number of ether oxygens (including phenoxy) is 1. The number of carbonyl (C=O) groups excluding carboxylic acids is 1. The van der Waals surface area contributed by atoms with Crippen molar-refractivity contribution in [1.29, 1.82) is 0 Å². The van der Waals surface area contributed by atoms with Gasteiger partial charge in [-0.2, -0.15) is 0 Å². The fraction of sp³-hybridized carbons (Fsp3) is 0.522. The van der Waals surface area contributed by atoms with Crippen LogP contribution in [0, 0.1) is 17.3 Å². The van der Waals surface area contributed by atoms with Crippen LogP contribution in [0.15, 0.2) is 53.6 Å². The summed E-state index contributed by atoms with van der Waals surface area (Å²) in [5, 5.41) is 0. The molecule has 3 aliphatic rings. The third-order valence-corrected chi connectivity index (χ3v) is 6.61. The first-order valence-electron chi connectivity index (χ1n) is 9.91. The zero-order chi connectivity index (χ0) is 18.3. The van der Waals surface area contributed by atoms with Crippen LogP contribution in [0.2, 0.25) is 0 Å². The van der Waals surface area contributed by atoms with E-state index in [9.17, 15) is 4.79 Å². The molecular weight excluding hydrogens is 322 g/mol. The summed E-state index contributed by atoms with van der Waals surface area (Å²) >= 11 is 0. The Morgan fingerprint density at radius 2 is 2.04 bits per heavy atom. The Labute approximate surface area is 156 Å². The number of hydrogen-bond acceptors (Lipinski definition) is 2. The van der Waals surface area contributed by atoms with Crippen LogP contribution < -0.4 is 4.90 Å². The lowest BCUT2D eigenvalue weighted by Gasteiger charge is -2.42. The molecular formula is C23H30NO2+. The summed E-state index contributed by atoms with van der Waals surface area (Å²) in [5.74, 6) is 0.223. The van der Waals surface area contributed by atoms with Gasteiger partial charge in [0.25, 0.3) is 0 Å². The fourth-order valence-corrected chi connectivity index (χ4v) is 5.25. The van der Waals surface area contributed by atoms with Crippen molar-refractivity contribution in [3.05, 3.63) is 59.2 Å². The zero-order valence-corrected chi connectivity index (χ0v) is 16.1. The minimum Gasteiger partial charge on any atom is -0.461 e. The van der Waals surface area contributed by atoms with Crippen molar-refractivity contribution in [2.75, 3.05) is 13.6 Å². The van der Waals surface area contributed by atoms with Gasteiger partial charge in [-0.1, -0.05) is 55.0 Å². The SMILES string of the molecule is CC1=CCC[C@]2(C)C[C@H]3OC(=O)[C@@H](C[NH+](C)Cc4ccccc4)[C@H]3C=C12. The molecule has 4 rings (SSSR count). The van der Waals surface area contributed by atoms with E-state index in [1.807, 2.05) is 6.07 Å². The number of carbonyl (C=O) groups is 1. The van der Waals surface area contributed by atoms with E-state index in [0.717, 1.165) is 25.9 Å². The minimum atomic E-state index is -0.0181. The van der Waals surface area contributed by atoms with Crippen LogP contribution in [-0.4, -0.2) is 25.7 Å². The van der Waals surface area contributed by atoms with Crippen LogP contribution >= 0.6 is 0 Å². The number of fused-ring (bicyclic) bond motifs is 2. The molecule has 138 valence electrons. The summed E-state index contributed by atoms with van der Waals surface area (Å²) in [5.41, 5.74) is 4.36. The van der Waals surface area contributed by atoms with Crippen molar-refractivity contribution in [2.24, 2.45) is 17.3 Å². The number of allylic oxidation sites excluding steroid dienone is 3. The molecule has 5 atom stereocenters. The first-order chi connectivity index (χ1) is 12.5. The highest BCUT2D eigenvalue weighted by Crippen LogP contribution is 2.52. The van der Waals surface area contributed by atoms with Gasteiger partial charge in [-0.15, -0.1) is 0 Å². The Hall–Kier alpha value is -1.87. The maximum atomic E-state index is 12.6. The van der Waals surface area contributed by atoms with Crippen molar-refractivity contribution in [3.8, 4) is 0 Å². The first-order valence-corrected chi connectivity index (χ1v) is 9.91. The van der Waals surface area contributed by atoms with Crippen molar-refractivity contribution in [2.45, 2.75) is 45.8 Å². The molecule has 1 fully saturated rings. The highest BCUT2D eigenvalue weighted by atomic mass is 16.6. The molecule has 1 heterocycles. The molecule has 1 N–H and O–H groups in total. The molecule has 0 saturated carbocycles. The molecule has 0 amide bonds. The smallest absolute Gasteiger partial charge is 0.315 e. The normalized spacial score (nSPS) is 34.3. The van der Waals surface area contributed by atoms with E-state index in [-0.39, 0.29) is 29.3 Å². The van der Waals surface area contributed by atoms with E-state index in [4.69, 9.17) is 4.74 Å². The summed E-state index contributed by atoms with van der Waals surface area (Å²) in [6.45, 7) is 6.34. The lowest BCUT2D eigenvalue weighted by atomic mass is 9.62. The van der Waals surface area contributed by atoms with Gasteiger partial charge in [-0.05, 0) is 37.2 Å². The summed E-state index contributed by atoms with van der Waals surface area (Å²) in [6.07, 6.45) is 8.10. The zero-order valence-electron chi connectivity index (χ0n) is 16.1. The van der Waals surface area contributed by atoms with Crippen molar-refractivity contribution in [1.82, 2.24) is 0 Å². The van der Waals surface area contributed by atoms with Gasteiger partial charge in [0.1, 0.15) is 18.6 Å². The molecule has 1 aliphatic heterocycles. The maximum Gasteiger partial charge on any atom is 0.315 e. The Bertz CT molecular complexity index is 751. The van der Waals surface area contributed by atoms with Crippen LogP contribution in [0.3, 0.4) is 0 Å². The highest BCUT2D eigenvalue weighted by Gasteiger charge is 2.51. The van der Waals surface area contributed by atoms with Gasteiger partial charge in [0.15, 0.2) is 0 Å². The van der Waals surface area contributed by atoms with Gasteiger partial charge in [-0.25, -0.2) is 0 Å². The van der Waals surface area contributed by atoms with Crippen LogP contribution in [0.25, 0.3) is 0 Å².